The first-order valence-corrected chi connectivity index (χ1v) is 5.30. The van der Waals surface area contributed by atoms with Crippen LogP contribution < -0.4 is 19.5 Å². The van der Waals surface area contributed by atoms with E-state index in [1.54, 1.807) is 21.3 Å². The van der Waals surface area contributed by atoms with Crippen molar-refractivity contribution in [1.29, 1.82) is 0 Å². The summed E-state index contributed by atoms with van der Waals surface area (Å²) in [4.78, 5) is 0. The van der Waals surface area contributed by atoms with Crippen LogP contribution in [0.1, 0.15) is 6.92 Å². The van der Waals surface area contributed by atoms with Gasteiger partial charge in [-0.05, 0) is 6.92 Å². The van der Waals surface area contributed by atoms with Gasteiger partial charge in [-0.25, -0.2) is 0 Å². The summed E-state index contributed by atoms with van der Waals surface area (Å²) in [6, 6.07) is 3.73. The van der Waals surface area contributed by atoms with Gasteiger partial charge in [0.25, 0.3) is 0 Å². The van der Waals surface area contributed by atoms with Crippen molar-refractivity contribution in [3.8, 4) is 17.2 Å². The fourth-order valence-corrected chi connectivity index (χ4v) is 1.44. The molecule has 0 saturated heterocycles. The molecule has 0 amide bonds. The van der Waals surface area contributed by atoms with Gasteiger partial charge in [0.1, 0.15) is 0 Å². The normalized spacial score (nSPS) is 9.65. The number of hydrogen-bond donors (Lipinski definition) is 1. The number of benzene rings is 1. The highest BCUT2D eigenvalue weighted by Gasteiger charge is 2.12. The number of hydrogen-bond acceptors (Lipinski definition) is 4. The second-order valence-electron chi connectivity index (χ2n) is 3.72. The Morgan fingerprint density at radius 3 is 2.00 bits per heavy atom. The molecule has 0 heterocycles. The third kappa shape index (κ3) is 3.31. The molecule has 1 N–H and O–H groups in total. The van der Waals surface area contributed by atoms with Crippen molar-refractivity contribution in [2.45, 2.75) is 6.92 Å². The van der Waals surface area contributed by atoms with E-state index in [1.165, 1.54) is 0 Å². The highest BCUT2D eigenvalue weighted by atomic mass is 16.5. The van der Waals surface area contributed by atoms with Crippen LogP contribution in [0.3, 0.4) is 0 Å². The maximum atomic E-state index is 5.26. The van der Waals surface area contributed by atoms with Crippen molar-refractivity contribution in [1.82, 2.24) is 0 Å². The predicted octanol–water partition coefficient (Wildman–Crippen LogP) is 2.70. The molecule has 1 aromatic rings. The summed E-state index contributed by atoms with van der Waals surface area (Å²) in [6.07, 6.45) is 0. The molecule has 17 heavy (non-hydrogen) atoms. The van der Waals surface area contributed by atoms with E-state index in [0.717, 1.165) is 11.3 Å². The molecule has 0 aliphatic carbocycles. The van der Waals surface area contributed by atoms with Gasteiger partial charge in [-0.1, -0.05) is 12.2 Å². The fourth-order valence-electron chi connectivity index (χ4n) is 1.44. The highest BCUT2D eigenvalue weighted by molar-refractivity contribution is 5.62. The Balaban J connectivity index is 3.04. The minimum absolute atomic E-state index is 0.593. The molecular weight excluding hydrogens is 218 g/mol. The lowest BCUT2D eigenvalue weighted by Crippen LogP contribution is -2.03. The Morgan fingerprint density at radius 1 is 1.12 bits per heavy atom. The zero-order chi connectivity index (χ0) is 12.8. The smallest absolute Gasteiger partial charge is 0.203 e. The van der Waals surface area contributed by atoms with Gasteiger partial charge in [0.2, 0.25) is 5.75 Å². The molecule has 0 aromatic heterocycles. The molecule has 4 nitrogen and oxygen atoms in total. The summed E-state index contributed by atoms with van der Waals surface area (Å²) in [7, 11) is 4.78. The first kappa shape index (κ1) is 13.2. The Morgan fingerprint density at radius 2 is 1.65 bits per heavy atom. The Kier molecular flexibility index (Phi) is 4.69. The van der Waals surface area contributed by atoms with Crippen molar-refractivity contribution in [3.05, 3.63) is 24.3 Å². The Hall–Kier alpha value is -1.84. The van der Waals surface area contributed by atoms with E-state index in [1.807, 2.05) is 19.1 Å². The number of methoxy groups -OCH3 is 3. The zero-order valence-corrected chi connectivity index (χ0v) is 10.8. The minimum atomic E-state index is 0.593. The molecule has 0 fully saturated rings. The van der Waals surface area contributed by atoms with Gasteiger partial charge >= 0.3 is 0 Å². The standard InChI is InChI=1S/C13H19NO3/c1-9(2)8-14-10-6-11(15-3)13(17-5)12(7-10)16-4/h6-7,14H,1,8H2,2-5H3. The molecule has 1 aromatic carbocycles. The maximum Gasteiger partial charge on any atom is 0.203 e. The highest BCUT2D eigenvalue weighted by Crippen LogP contribution is 2.39. The number of ether oxygens (including phenoxy) is 3. The summed E-state index contributed by atoms with van der Waals surface area (Å²) in [5, 5.41) is 3.23. The van der Waals surface area contributed by atoms with E-state index >= 15 is 0 Å². The van der Waals surface area contributed by atoms with Gasteiger partial charge in [0.15, 0.2) is 11.5 Å². The van der Waals surface area contributed by atoms with Crippen LogP contribution in [0.25, 0.3) is 0 Å². The molecule has 0 aliphatic heterocycles. The van der Waals surface area contributed by atoms with Crippen molar-refractivity contribution in [3.63, 3.8) is 0 Å². The molecule has 0 spiro atoms. The zero-order valence-electron chi connectivity index (χ0n) is 10.8. The van der Waals surface area contributed by atoms with Crippen LogP contribution in [0.4, 0.5) is 5.69 Å². The van der Waals surface area contributed by atoms with Gasteiger partial charge < -0.3 is 19.5 Å². The summed E-state index contributed by atoms with van der Waals surface area (Å²) >= 11 is 0. The summed E-state index contributed by atoms with van der Waals surface area (Å²) in [6.45, 7) is 6.51. The van der Waals surface area contributed by atoms with Crippen LogP contribution in [0.5, 0.6) is 17.2 Å². The van der Waals surface area contributed by atoms with E-state index in [0.29, 0.717) is 23.8 Å². The minimum Gasteiger partial charge on any atom is -0.493 e. The van der Waals surface area contributed by atoms with E-state index < -0.39 is 0 Å². The van der Waals surface area contributed by atoms with Crippen LogP contribution >= 0.6 is 0 Å². The van der Waals surface area contributed by atoms with Crippen molar-refractivity contribution < 1.29 is 14.2 Å². The Labute approximate surface area is 102 Å². The lowest BCUT2D eigenvalue weighted by atomic mass is 10.2. The molecule has 0 atom stereocenters. The van der Waals surface area contributed by atoms with Crippen LogP contribution in [0, 0.1) is 0 Å². The SMILES string of the molecule is C=C(C)CNc1cc(OC)c(OC)c(OC)c1. The van der Waals surface area contributed by atoms with E-state index in [4.69, 9.17) is 14.2 Å². The van der Waals surface area contributed by atoms with E-state index in [9.17, 15) is 0 Å². The molecule has 0 saturated carbocycles. The van der Waals surface area contributed by atoms with Crippen molar-refractivity contribution >= 4 is 5.69 Å². The number of rotatable bonds is 6. The van der Waals surface area contributed by atoms with Gasteiger partial charge in [-0.3, -0.25) is 0 Å². The first-order chi connectivity index (χ1) is 8.12. The summed E-state index contributed by atoms with van der Waals surface area (Å²) < 4.78 is 15.8. The van der Waals surface area contributed by atoms with Crippen LogP contribution in [0.2, 0.25) is 0 Å². The quantitative estimate of drug-likeness (QED) is 0.772. The van der Waals surface area contributed by atoms with Crippen LogP contribution in [-0.4, -0.2) is 27.9 Å². The average Bonchev–Trinajstić information content (AvgIpc) is 2.34. The third-order valence-electron chi connectivity index (χ3n) is 2.26. The first-order valence-electron chi connectivity index (χ1n) is 5.30. The monoisotopic (exact) mass is 237 g/mol. The molecular formula is C13H19NO3. The molecule has 0 bridgehead atoms. The van der Waals surface area contributed by atoms with Gasteiger partial charge in [-0.15, -0.1) is 0 Å². The molecule has 0 aliphatic rings. The number of nitrogens with one attached hydrogen (secondary N) is 1. The lowest BCUT2D eigenvalue weighted by Gasteiger charge is -2.15. The fraction of sp³-hybridized carbons (Fsp3) is 0.385. The molecule has 94 valence electrons. The molecule has 0 unspecified atom stereocenters. The third-order valence-corrected chi connectivity index (χ3v) is 2.26. The predicted molar refractivity (Wildman–Crippen MR) is 69.4 cm³/mol. The largest absolute Gasteiger partial charge is 0.493 e. The van der Waals surface area contributed by atoms with Gasteiger partial charge in [0.05, 0.1) is 21.3 Å². The average molecular weight is 237 g/mol. The maximum absolute atomic E-state index is 5.26. The van der Waals surface area contributed by atoms with E-state index in [-0.39, 0.29) is 0 Å². The molecule has 0 radical (unpaired) electrons. The molecule has 4 heteroatoms. The number of anilines is 1. The topological polar surface area (TPSA) is 39.7 Å². The lowest BCUT2D eigenvalue weighted by molar-refractivity contribution is 0.324. The Bertz CT molecular complexity index is 377. The van der Waals surface area contributed by atoms with Crippen molar-refractivity contribution in [2.24, 2.45) is 0 Å². The summed E-state index contributed by atoms with van der Waals surface area (Å²) in [5.74, 6) is 1.86. The summed E-state index contributed by atoms with van der Waals surface area (Å²) in [5.41, 5.74) is 1.96. The molecule has 1 rings (SSSR count). The van der Waals surface area contributed by atoms with E-state index in [2.05, 4.69) is 11.9 Å². The van der Waals surface area contributed by atoms with Crippen LogP contribution in [0.15, 0.2) is 24.3 Å². The van der Waals surface area contributed by atoms with Crippen LogP contribution in [-0.2, 0) is 0 Å². The van der Waals surface area contributed by atoms with Crippen molar-refractivity contribution in [2.75, 3.05) is 33.2 Å². The second kappa shape index (κ2) is 6.03. The van der Waals surface area contributed by atoms with Gasteiger partial charge in [0, 0.05) is 24.4 Å². The van der Waals surface area contributed by atoms with Gasteiger partial charge in [-0.2, -0.15) is 0 Å². The second-order valence-corrected chi connectivity index (χ2v) is 3.72.